The summed E-state index contributed by atoms with van der Waals surface area (Å²) >= 11 is 5.51. The molecule has 1 amide bonds. The van der Waals surface area contributed by atoms with Gasteiger partial charge in [-0.05, 0) is 18.2 Å². The molecule has 1 heterocycles. The second kappa shape index (κ2) is 8.01. The highest BCUT2D eigenvalue weighted by Crippen LogP contribution is 2.36. The molecule has 124 valence electrons. The fraction of sp³-hybridized carbons (Fsp3) is 0.462. The molecule has 2 rings (SSSR count). The summed E-state index contributed by atoms with van der Waals surface area (Å²) in [5, 5.41) is 5.13. The number of carbonyl (C=O) groups is 1. The third kappa shape index (κ3) is 5.31. The van der Waals surface area contributed by atoms with Gasteiger partial charge in [-0.1, -0.05) is 11.6 Å². The van der Waals surface area contributed by atoms with Crippen LogP contribution in [0.25, 0.3) is 0 Å². The third-order valence-corrected chi connectivity index (χ3v) is 3.32. The van der Waals surface area contributed by atoms with Crippen LogP contribution in [0.5, 0.6) is 0 Å². The van der Waals surface area contributed by atoms with E-state index in [4.69, 9.17) is 16.3 Å². The molecule has 1 aromatic rings. The van der Waals surface area contributed by atoms with E-state index in [1.807, 2.05) is 0 Å². The summed E-state index contributed by atoms with van der Waals surface area (Å²) in [5.41, 5.74) is -0.908. The van der Waals surface area contributed by atoms with Crippen molar-refractivity contribution in [2.75, 3.05) is 25.1 Å². The van der Waals surface area contributed by atoms with Crippen LogP contribution >= 0.6 is 24.0 Å². The van der Waals surface area contributed by atoms with E-state index in [0.717, 1.165) is 12.1 Å². The molecule has 0 saturated carbocycles. The van der Waals surface area contributed by atoms with Crippen LogP contribution < -0.4 is 10.6 Å². The Labute approximate surface area is 136 Å². The fourth-order valence-corrected chi connectivity index (χ4v) is 2.23. The van der Waals surface area contributed by atoms with Crippen LogP contribution in [-0.2, 0) is 15.7 Å². The summed E-state index contributed by atoms with van der Waals surface area (Å²) in [5.74, 6) is -0.381. The molecule has 1 aliphatic rings. The van der Waals surface area contributed by atoms with Gasteiger partial charge in [0, 0.05) is 24.7 Å². The molecule has 2 N–H and O–H groups in total. The van der Waals surface area contributed by atoms with Crippen LogP contribution in [0.15, 0.2) is 18.2 Å². The molecule has 0 aliphatic carbocycles. The number of amides is 1. The summed E-state index contributed by atoms with van der Waals surface area (Å²) in [6, 6.07) is 3.14. The Morgan fingerprint density at radius 3 is 2.77 bits per heavy atom. The quantitative estimate of drug-likeness (QED) is 0.872. The number of rotatable bonds is 3. The number of carbonyl (C=O) groups excluding carboxylic acids is 1. The molecule has 0 radical (unpaired) electrons. The molecule has 1 unspecified atom stereocenters. The average Bonchev–Trinajstić information content (AvgIpc) is 2.41. The molecule has 1 atom stereocenters. The highest BCUT2D eigenvalue weighted by Gasteiger charge is 2.33. The van der Waals surface area contributed by atoms with E-state index in [2.05, 4.69) is 10.6 Å². The van der Waals surface area contributed by atoms with E-state index in [1.165, 1.54) is 6.07 Å². The Morgan fingerprint density at radius 1 is 1.45 bits per heavy atom. The minimum absolute atomic E-state index is 0. The highest BCUT2D eigenvalue weighted by molar-refractivity contribution is 6.31. The van der Waals surface area contributed by atoms with Crippen molar-refractivity contribution in [3.63, 3.8) is 0 Å². The maximum Gasteiger partial charge on any atom is 0.417 e. The number of anilines is 1. The number of hydrogen-bond acceptors (Lipinski definition) is 3. The minimum atomic E-state index is -4.56. The molecule has 0 bridgehead atoms. The lowest BCUT2D eigenvalue weighted by molar-refractivity contribution is -0.137. The van der Waals surface area contributed by atoms with Crippen LogP contribution in [0, 0.1) is 0 Å². The standard InChI is InChI=1S/C13H14ClF3N2O2.ClH/c14-11-2-1-8(5-10(11)13(15,16)17)19-12(20)6-9-7-21-4-3-18-9;/h1-2,5,9,18H,3-4,6-7H2,(H,19,20);1H. The molecular formula is C13H15Cl2F3N2O2. The van der Waals surface area contributed by atoms with E-state index >= 15 is 0 Å². The molecule has 22 heavy (non-hydrogen) atoms. The second-order valence-electron chi connectivity index (χ2n) is 4.67. The Bertz CT molecular complexity index is 520. The lowest BCUT2D eigenvalue weighted by Gasteiger charge is -2.23. The first-order chi connectivity index (χ1) is 9.86. The zero-order chi connectivity index (χ0) is 15.5. The van der Waals surface area contributed by atoms with Crippen LogP contribution in [0.1, 0.15) is 12.0 Å². The van der Waals surface area contributed by atoms with Gasteiger partial charge in [0.15, 0.2) is 0 Å². The summed E-state index contributed by atoms with van der Waals surface area (Å²) in [7, 11) is 0. The minimum Gasteiger partial charge on any atom is -0.378 e. The Kier molecular flexibility index (Phi) is 6.93. The lowest BCUT2D eigenvalue weighted by atomic mass is 10.1. The average molecular weight is 359 g/mol. The first-order valence-electron chi connectivity index (χ1n) is 6.34. The Hall–Kier alpha value is -1.02. The number of alkyl halides is 3. The summed E-state index contributed by atoms with van der Waals surface area (Å²) < 4.78 is 43.3. The molecule has 0 spiro atoms. The summed E-state index contributed by atoms with van der Waals surface area (Å²) in [6.45, 7) is 1.64. The van der Waals surface area contributed by atoms with Gasteiger partial charge in [0.2, 0.25) is 5.91 Å². The van der Waals surface area contributed by atoms with E-state index in [9.17, 15) is 18.0 Å². The predicted octanol–water partition coefficient (Wildman–Crippen LogP) is 3.10. The normalized spacial score (nSPS) is 18.5. The van der Waals surface area contributed by atoms with Gasteiger partial charge in [0.25, 0.3) is 0 Å². The molecule has 1 saturated heterocycles. The Morgan fingerprint density at radius 2 is 2.18 bits per heavy atom. The van der Waals surface area contributed by atoms with Crippen molar-refractivity contribution < 1.29 is 22.7 Å². The number of halogens is 5. The summed E-state index contributed by atoms with van der Waals surface area (Å²) in [4.78, 5) is 11.8. The van der Waals surface area contributed by atoms with Crippen molar-refractivity contribution in [2.24, 2.45) is 0 Å². The van der Waals surface area contributed by atoms with Gasteiger partial charge in [0.05, 0.1) is 23.8 Å². The summed E-state index contributed by atoms with van der Waals surface area (Å²) in [6.07, 6.45) is -4.43. The number of nitrogens with one attached hydrogen (secondary N) is 2. The van der Waals surface area contributed by atoms with E-state index in [0.29, 0.717) is 19.8 Å². The zero-order valence-corrected chi connectivity index (χ0v) is 12.9. The van der Waals surface area contributed by atoms with Crippen LogP contribution in [0.3, 0.4) is 0 Å². The number of benzene rings is 1. The first kappa shape index (κ1) is 19.0. The SMILES string of the molecule is Cl.O=C(CC1COCCN1)Nc1ccc(Cl)c(C(F)(F)F)c1. The maximum absolute atomic E-state index is 12.7. The van der Waals surface area contributed by atoms with E-state index in [-0.39, 0.29) is 36.5 Å². The molecule has 9 heteroatoms. The second-order valence-corrected chi connectivity index (χ2v) is 5.08. The molecule has 1 fully saturated rings. The lowest BCUT2D eigenvalue weighted by Crippen LogP contribution is -2.43. The molecular weight excluding hydrogens is 344 g/mol. The van der Waals surface area contributed by atoms with Gasteiger partial charge in [-0.25, -0.2) is 0 Å². The van der Waals surface area contributed by atoms with Crippen molar-refractivity contribution in [3.8, 4) is 0 Å². The smallest absolute Gasteiger partial charge is 0.378 e. The number of hydrogen-bond donors (Lipinski definition) is 2. The third-order valence-electron chi connectivity index (χ3n) is 2.99. The fourth-order valence-electron chi connectivity index (χ4n) is 2.01. The van der Waals surface area contributed by atoms with E-state index < -0.39 is 16.8 Å². The van der Waals surface area contributed by atoms with Crippen molar-refractivity contribution in [3.05, 3.63) is 28.8 Å². The number of morpholine rings is 1. The van der Waals surface area contributed by atoms with Gasteiger partial charge < -0.3 is 15.4 Å². The zero-order valence-electron chi connectivity index (χ0n) is 11.4. The molecule has 1 aromatic carbocycles. The van der Waals surface area contributed by atoms with Crippen LogP contribution in [0.2, 0.25) is 5.02 Å². The Balaban J connectivity index is 0.00000242. The van der Waals surface area contributed by atoms with Crippen LogP contribution in [-0.4, -0.2) is 31.7 Å². The maximum atomic E-state index is 12.7. The van der Waals surface area contributed by atoms with Crippen molar-refractivity contribution >= 4 is 35.6 Å². The van der Waals surface area contributed by atoms with Gasteiger partial charge in [0.1, 0.15) is 0 Å². The van der Waals surface area contributed by atoms with Crippen LogP contribution in [0.4, 0.5) is 18.9 Å². The van der Waals surface area contributed by atoms with Gasteiger partial charge in [-0.3, -0.25) is 4.79 Å². The van der Waals surface area contributed by atoms with Crippen molar-refractivity contribution in [1.82, 2.24) is 5.32 Å². The largest absolute Gasteiger partial charge is 0.417 e. The monoisotopic (exact) mass is 358 g/mol. The van der Waals surface area contributed by atoms with Crippen molar-refractivity contribution in [1.29, 1.82) is 0 Å². The molecule has 4 nitrogen and oxygen atoms in total. The van der Waals surface area contributed by atoms with Gasteiger partial charge in [-0.2, -0.15) is 13.2 Å². The number of ether oxygens (including phenoxy) is 1. The van der Waals surface area contributed by atoms with Gasteiger partial charge in [-0.15, -0.1) is 12.4 Å². The first-order valence-corrected chi connectivity index (χ1v) is 6.72. The molecule has 1 aliphatic heterocycles. The van der Waals surface area contributed by atoms with E-state index in [1.54, 1.807) is 0 Å². The molecule has 0 aromatic heterocycles. The van der Waals surface area contributed by atoms with Gasteiger partial charge >= 0.3 is 6.18 Å². The predicted molar refractivity (Wildman–Crippen MR) is 79.6 cm³/mol. The van der Waals surface area contributed by atoms with Crippen molar-refractivity contribution in [2.45, 2.75) is 18.6 Å². The topological polar surface area (TPSA) is 50.4 Å². The highest BCUT2D eigenvalue weighted by atomic mass is 35.5.